The summed E-state index contributed by atoms with van der Waals surface area (Å²) in [6.45, 7) is 7.74. The summed E-state index contributed by atoms with van der Waals surface area (Å²) in [6, 6.07) is 0. The number of guanidine groups is 1. The van der Waals surface area contributed by atoms with Crippen molar-refractivity contribution < 1.29 is 14.3 Å². The minimum absolute atomic E-state index is 0. The number of nitrogens with one attached hydrogen (secondary N) is 2. The highest BCUT2D eigenvalue weighted by Gasteiger charge is 2.58. The minimum atomic E-state index is -0.116. The average Bonchev–Trinajstić information content (AvgIpc) is 3.34. The van der Waals surface area contributed by atoms with Gasteiger partial charge >= 0.3 is 0 Å². The van der Waals surface area contributed by atoms with Gasteiger partial charge in [0.05, 0.1) is 25.0 Å². The van der Waals surface area contributed by atoms with Crippen LogP contribution in [0.25, 0.3) is 0 Å². The van der Waals surface area contributed by atoms with Crippen LogP contribution in [-0.4, -0.2) is 62.1 Å². The summed E-state index contributed by atoms with van der Waals surface area (Å²) in [7, 11) is 0. The predicted molar refractivity (Wildman–Crippen MR) is 120 cm³/mol. The third-order valence-corrected chi connectivity index (χ3v) is 5.68. The first-order valence-corrected chi connectivity index (χ1v) is 10.3. The zero-order valence-corrected chi connectivity index (χ0v) is 19.2. The van der Waals surface area contributed by atoms with Crippen LogP contribution in [0.4, 0.5) is 0 Å². The van der Waals surface area contributed by atoms with Gasteiger partial charge in [-0.25, -0.2) is 0 Å². The van der Waals surface area contributed by atoms with Crippen molar-refractivity contribution in [1.29, 1.82) is 0 Å². The molecule has 3 rings (SSSR count). The molecule has 2 aliphatic carbocycles. The molecule has 0 aromatic heterocycles. The summed E-state index contributed by atoms with van der Waals surface area (Å²) in [5.74, 6) is 1.01. The average molecular weight is 504 g/mol. The van der Waals surface area contributed by atoms with Crippen LogP contribution in [0.15, 0.2) is 17.1 Å². The summed E-state index contributed by atoms with van der Waals surface area (Å²) < 4.78 is 5.52. The SMILES string of the molecule is CCCCOCCN=C(NCC)NCCN1C(=O)C2C3C=CC(C3)C2C1=O.I. The topological polar surface area (TPSA) is 83.0 Å². The van der Waals surface area contributed by atoms with Crippen LogP contribution in [0, 0.1) is 23.7 Å². The van der Waals surface area contributed by atoms with Crippen molar-refractivity contribution >= 4 is 41.8 Å². The van der Waals surface area contributed by atoms with Gasteiger partial charge in [-0.2, -0.15) is 0 Å². The molecule has 1 saturated heterocycles. The molecular weight excluding hydrogens is 471 g/mol. The van der Waals surface area contributed by atoms with E-state index in [0.717, 1.165) is 32.4 Å². The van der Waals surface area contributed by atoms with Gasteiger partial charge in [-0.05, 0) is 31.6 Å². The van der Waals surface area contributed by atoms with Gasteiger partial charge in [-0.15, -0.1) is 24.0 Å². The Bertz CT molecular complexity index is 580. The van der Waals surface area contributed by atoms with Crippen LogP contribution >= 0.6 is 24.0 Å². The fraction of sp³-hybridized carbons (Fsp3) is 0.750. The number of amides is 2. The predicted octanol–water partition coefficient (Wildman–Crippen LogP) is 1.78. The Morgan fingerprint density at radius 1 is 1.14 bits per heavy atom. The number of ether oxygens (including phenoxy) is 1. The molecule has 4 atom stereocenters. The lowest BCUT2D eigenvalue weighted by atomic mass is 9.85. The lowest BCUT2D eigenvalue weighted by Gasteiger charge is -2.18. The van der Waals surface area contributed by atoms with E-state index in [1.54, 1.807) is 0 Å². The molecule has 158 valence electrons. The van der Waals surface area contributed by atoms with E-state index in [9.17, 15) is 9.59 Å². The van der Waals surface area contributed by atoms with Crippen LogP contribution in [0.1, 0.15) is 33.1 Å². The van der Waals surface area contributed by atoms with E-state index in [1.807, 2.05) is 6.92 Å². The first-order valence-electron chi connectivity index (χ1n) is 10.3. The second kappa shape index (κ2) is 11.1. The fourth-order valence-electron chi connectivity index (χ4n) is 4.38. The standard InChI is InChI=1S/C20H32N4O3.HI/c1-3-5-11-27-12-9-23-20(21-4-2)22-8-10-24-18(25)16-14-6-7-15(13-14)17(16)19(24)26;/h6-7,14-17H,3-5,8-13H2,1-2H3,(H2,21,22,23);1H. The number of hydrogen-bond donors (Lipinski definition) is 2. The summed E-state index contributed by atoms with van der Waals surface area (Å²) in [5.41, 5.74) is 0. The Kier molecular flexibility index (Phi) is 9.20. The highest BCUT2D eigenvalue weighted by Crippen LogP contribution is 2.52. The van der Waals surface area contributed by atoms with Crippen molar-refractivity contribution in [1.82, 2.24) is 15.5 Å². The number of rotatable bonds is 10. The van der Waals surface area contributed by atoms with E-state index in [4.69, 9.17) is 4.74 Å². The summed E-state index contributed by atoms with van der Waals surface area (Å²) >= 11 is 0. The third kappa shape index (κ3) is 5.06. The van der Waals surface area contributed by atoms with Gasteiger partial charge in [0.1, 0.15) is 0 Å². The molecule has 3 aliphatic rings. The number of aliphatic imine (C=N–C) groups is 1. The Morgan fingerprint density at radius 3 is 2.43 bits per heavy atom. The van der Waals surface area contributed by atoms with Crippen molar-refractivity contribution in [3.05, 3.63) is 12.2 Å². The molecule has 2 N–H and O–H groups in total. The number of nitrogens with zero attached hydrogens (tertiary/aromatic N) is 2. The molecule has 1 aliphatic heterocycles. The molecule has 2 amide bonds. The molecule has 0 aromatic carbocycles. The number of carbonyl (C=O) groups excluding carboxylic acids is 2. The van der Waals surface area contributed by atoms with Gasteiger partial charge in [0, 0.05) is 26.2 Å². The van der Waals surface area contributed by atoms with Crippen molar-refractivity contribution in [2.45, 2.75) is 33.1 Å². The Morgan fingerprint density at radius 2 is 1.82 bits per heavy atom. The Labute approximate surface area is 184 Å². The number of unbranched alkanes of at least 4 members (excludes halogenated alkanes) is 1. The first kappa shape index (κ1) is 23.1. The maximum atomic E-state index is 12.7. The molecule has 2 fully saturated rings. The lowest BCUT2D eigenvalue weighted by molar-refractivity contribution is -0.140. The summed E-state index contributed by atoms with van der Waals surface area (Å²) in [6.07, 6.45) is 7.41. The van der Waals surface area contributed by atoms with Crippen LogP contribution in [0.3, 0.4) is 0 Å². The van der Waals surface area contributed by atoms with Crippen molar-refractivity contribution in [3.8, 4) is 0 Å². The van der Waals surface area contributed by atoms with E-state index in [2.05, 4.69) is 34.7 Å². The normalized spacial score (nSPS) is 27.9. The van der Waals surface area contributed by atoms with Gasteiger partial charge < -0.3 is 15.4 Å². The molecule has 1 saturated carbocycles. The maximum absolute atomic E-state index is 12.7. The largest absolute Gasteiger partial charge is 0.380 e. The van der Waals surface area contributed by atoms with Gasteiger partial charge in [0.2, 0.25) is 11.8 Å². The van der Waals surface area contributed by atoms with Crippen LogP contribution in [-0.2, 0) is 14.3 Å². The second-order valence-electron chi connectivity index (χ2n) is 7.48. The first-order chi connectivity index (χ1) is 13.2. The van der Waals surface area contributed by atoms with Crippen LogP contribution in [0.2, 0.25) is 0 Å². The van der Waals surface area contributed by atoms with Gasteiger partial charge in [-0.1, -0.05) is 25.5 Å². The minimum Gasteiger partial charge on any atom is -0.380 e. The smallest absolute Gasteiger partial charge is 0.233 e. The van der Waals surface area contributed by atoms with Crippen LogP contribution in [0.5, 0.6) is 0 Å². The van der Waals surface area contributed by atoms with Crippen molar-refractivity contribution in [2.75, 3.05) is 39.4 Å². The Hall–Kier alpha value is -1.16. The zero-order valence-electron chi connectivity index (χ0n) is 16.9. The second-order valence-corrected chi connectivity index (χ2v) is 7.48. The molecule has 0 aromatic rings. The van der Waals surface area contributed by atoms with Gasteiger partial charge in [0.15, 0.2) is 5.96 Å². The molecule has 7 nitrogen and oxygen atoms in total. The molecule has 1 heterocycles. The van der Waals surface area contributed by atoms with Gasteiger partial charge in [0.25, 0.3) is 0 Å². The highest BCUT2D eigenvalue weighted by atomic mass is 127. The molecular formula is C20H33IN4O3. The number of likely N-dealkylation sites (tertiary alicyclic amines) is 1. The van der Waals surface area contributed by atoms with E-state index in [-0.39, 0.29) is 59.5 Å². The molecule has 8 heteroatoms. The number of fused-ring (bicyclic) bond motifs is 5. The number of carbonyl (C=O) groups is 2. The van der Waals surface area contributed by atoms with Gasteiger partial charge in [-0.3, -0.25) is 19.5 Å². The quantitative estimate of drug-likeness (QED) is 0.118. The maximum Gasteiger partial charge on any atom is 0.233 e. The molecule has 28 heavy (non-hydrogen) atoms. The van der Waals surface area contributed by atoms with Crippen molar-refractivity contribution in [2.24, 2.45) is 28.7 Å². The zero-order chi connectivity index (χ0) is 19.2. The molecule has 0 radical (unpaired) electrons. The number of hydrogen-bond acceptors (Lipinski definition) is 4. The molecule has 0 spiro atoms. The van der Waals surface area contributed by atoms with E-state index < -0.39 is 0 Å². The third-order valence-electron chi connectivity index (χ3n) is 5.68. The molecule has 2 bridgehead atoms. The lowest BCUT2D eigenvalue weighted by Crippen LogP contribution is -2.43. The van der Waals surface area contributed by atoms with E-state index >= 15 is 0 Å². The summed E-state index contributed by atoms with van der Waals surface area (Å²) in [4.78, 5) is 31.3. The monoisotopic (exact) mass is 504 g/mol. The fourth-order valence-corrected chi connectivity index (χ4v) is 4.38. The number of halogens is 1. The van der Waals surface area contributed by atoms with Crippen LogP contribution < -0.4 is 10.6 Å². The summed E-state index contributed by atoms with van der Waals surface area (Å²) in [5, 5.41) is 6.40. The van der Waals surface area contributed by atoms with Crippen molar-refractivity contribution in [3.63, 3.8) is 0 Å². The van der Waals surface area contributed by atoms with E-state index in [1.165, 1.54) is 4.90 Å². The number of imide groups is 1. The molecule has 4 unspecified atom stereocenters. The Balaban J connectivity index is 0.00000280. The highest BCUT2D eigenvalue weighted by molar-refractivity contribution is 14.0. The number of allylic oxidation sites excluding steroid dienone is 2. The van der Waals surface area contributed by atoms with E-state index in [0.29, 0.717) is 32.2 Å².